The smallest absolute Gasteiger partial charge is 0.374 e. The number of alkyl halides is 3. The predicted octanol–water partition coefficient (Wildman–Crippen LogP) is 2.59. The Morgan fingerprint density at radius 2 is 1.95 bits per heavy atom. The molecule has 2 rings (SSSR count). The van der Waals surface area contributed by atoms with Gasteiger partial charge in [-0.05, 0) is 12.1 Å². The summed E-state index contributed by atoms with van der Waals surface area (Å²) < 4.78 is 63.7. The molecule has 1 heterocycles. The van der Waals surface area contributed by atoms with Gasteiger partial charge < -0.3 is 5.73 Å². The monoisotopic (exact) mass is 358 g/mol. The number of rotatable bonds is 3. The summed E-state index contributed by atoms with van der Waals surface area (Å²) >= 11 is 6.16. The van der Waals surface area contributed by atoms with Crippen LogP contribution in [0.5, 0.6) is 0 Å². The molecule has 0 saturated heterocycles. The number of nitrogens with zero attached hydrogens (tertiary/aromatic N) is 2. The second kappa shape index (κ2) is 5.31. The van der Waals surface area contributed by atoms with E-state index >= 15 is 0 Å². The van der Waals surface area contributed by atoms with Gasteiger partial charge in [-0.25, -0.2) is 0 Å². The highest BCUT2D eigenvalue weighted by Crippen LogP contribution is 2.39. The van der Waals surface area contributed by atoms with Crippen LogP contribution in [0.3, 0.4) is 0 Å². The summed E-state index contributed by atoms with van der Waals surface area (Å²) in [6.07, 6.45) is -4.77. The molecule has 1 aromatic heterocycles. The van der Waals surface area contributed by atoms with Gasteiger partial charge >= 0.3 is 6.18 Å². The fraction of sp³-hybridized carbons (Fsp3) is 0.111. The van der Waals surface area contributed by atoms with Gasteiger partial charge in [-0.2, -0.15) is 21.6 Å². The third kappa shape index (κ3) is 3.36. The molecule has 0 spiro atoms. The average Bonchev–Trinajstić information content (AvgIpc) is 2.78. The van der Waals surface area contributed by atoms with E-state index in [9.17, 15) is 21.6 Å². The van der Waals surface area contributed by atoms with E-state index in [-0.39, 0.29) is 5.13 Å². The summed E-state index contributed by atoms with van der Waals surface area (Å²) in [5.41, 5.74) is 3.25. The largest absolute Gasteiger partial charge is 0.418 e. The second-order valence-electron chi connectivity index (χ2n) is 3.67. The first-order chi connectivity index (χ1) is 9.61. The van der Waals surface area contributed by atoms with Crippen molar-refractivity contribution < 1.29 is 21.6 Å². The molecule has 1 aromatic carbocycles. The lowest BCUT2D eigenvalue weighted by molar-refractivity contribution is -0.136. The molecule has 2 aromatic rings. The van der Waals surface area contributed by atoms with Crippen LogP contribution in [0, 0.1) is 0 Å². The molecular weight excluding hydrogens is 353 g/mol. The van der Waals surface area contributed by atoms with E-state index < -0.39 is 36.8 Å². The Hall–Kier alpha value is -1.59. The molecule has 12 heteroatoms. The van der Waals surface area contributed by atoms with E-state index in [2.05, 4.69) is 10.2 Å². The number of aromatic nitrogens is 2. The number of nitrogens with two attached hydrogens (primary N) is 1. The van der Waals surface area contributed by atoms with Crippen LogP contribution < -0.4 is 10.5 Å². The normalized spacial score (nSPS) is 12.4. The lowest BCUT2D eigenvalue weighted by atomic mass is 10.2. The summed E-state index contributed by atoms with van der Waals surface area (Å²) in [5.74, 6) is 0. The first-order valence-electron chi connectivity index (χ1n) is 5.09. The topological polar surface area (TPSA) is 98.0 Å². The first-order valence-corrected chi connectivity index (χ1v) is 7.76. The number of sulfonamides is 1. The Labute approximate surface area is 125 Å². The van der Waals surface area contributed by atoms with E-state index in [0.717, 1.165) is 12.1 Å². The SMILES string of the molecule is Nc1nnc(S(=O)(=O)Nc2c(Cl)cccc2C(F)(F)F)s1. The van der Waals surface area contributed by atoms with Gasteiger partial charge in [-0.15, -0.1) is 10.2 Å². The Kier molecular flexibility index (Phi) is 4.00. The highest BCUT2D eigenvalue weighted by molar-refractivity contribution is 7.94. The van der Waals surface area contributed by atoms with Crippen molar-refractivity contribution in [1.29, 1.82) is 0 Å². The van der Waals surface area contributed by atoms with E-state index in [1.165, 1.54) is 0 Å². The van der Waals surface area contributed by atoms with E-state index in [1.807, 2.05) is 0 Å². The molecule has 114 valence electrons. The number of benzene rings is 1. The number of hydrogen-bond acceptors (Lipinski definition) is 6. The molecule has 0 aliphatic rings. The molecule has 0 bridgehead atoms. The summed E-state index contributed by atoms with van der Waals surface area (Å²) in [6, 6.07) is 2.90. The highest BCUT2D eigenvalue weighted by atomic mass is 35.5. The molecule has 6 nitrogen and oxygen atoms in total. The van der Waals surface area contributed by atoms with Gasteiger partial charge in [-0.1, -0.05) is 29.0 Å². The maximum absolute atomic E-state index is 12.9. The fourth-order valence-electron chi connectivity index (χ4n) is 1.37. The third-order valence-electron chi connectivity index (χ3n) is 2.21. The van der Waals surface area contributed by atoms with Crippen molar-refractivity contribution in [3.8, 4) is 0 Å². The lowest BCUT2D eigenvalue weighted by Crippen LogP contribution is -2.17. The van der Waals surface area contributed by atoms with Gasteiger partial charge in [0.05, 0.1) is 16.3 Å². The minimum Gasteiger partial charge on any atom is -0.374 e. The summed E-state index contributed by atoms with van der Waals surface area (Å²) in [7, 11) is -4.37. The van der Waals surface area contributed by atoms with Crippen molar-refractivity contribution in [3.63, 3.8) is 0 Å². The van der Waals surface area contributed by atoms with Crippen LogP contribution in [0.2, 0.25) is 5.02 Å². The quantitative estimate of drug-likeness (QED) is 0.878. The van der Waals surface area contributed by atoms with E-state index in [1.54, 1.807) is 4.72 Å². The fourth-order valence-corrected chi connectivity index (χ4v) is 3.54. The number of halogens is 4. The minimum atomic E-state index is -4.77. The van der Waals surface area contributed by atoms with Crippen LogP contribution in [-0.2, 0) is 16.2 Å². The number of hydrogen-bond donors (Lipinski definition) is 2. The molecule has 0 amide bonds. The van der Waals surface area contributed by atoms with Crippen molar-refractivity contribution in [1.82, 2.24) is 10.2 Å². The van der Waals surface area contributed by atoms with Crippen molar-refractivity contribution in [3.05, 3.63) is 28.8 Å². The van der Waals surface area contributed by atoms with Gasteiger partial charge in [0.15, 0.2) is 0 Å². The Balaban J connectivity index is 2.49. The van der Waals surface area contributed by atoms with Gasteiger partial charge in [-0.3, -0.25) is 4.72 Å². The average molecular weight is 359 g/mol. The standard InChI is InChI=1S/C9H6ClF3N4O2S2/c10-5-3-1-2-4(9(11,12)13)6(5)17-21(18,19)8-16-15-7(14)20-8/h1-3,17H,(H2,14,15). The van der Waals surface area contributed by atoms with Crippen LogP contribution in [0.25, 0.3) is 0 Å². The summed E-state index contributed by atoms with van der Waals surface area (Å²) in [4.78, 5) is 0. The van der Waals surface area contributed by atoms with Gasteiger partial charge in [0.1, 0.15) is 0 Å². The minimum absolute atomic E-state index is 0.134. The molecule has 0 aliphatic carbocycles. The second-order valence-corrected chi connectivity index (χ2v) is 6.94. The molecule has 0 aliphatic heterocycles. The zero-order valence-corrected chi connectivity index (χ0v) is 12.2. The van der Waals surface area contributed by atoms with Crippen LogP contribution in [0.15, 0.2) is 22.5 Å². The molecule has 0 unspecified atom stereocenters. The Morgan fingerprint density at radius 1 is 1.29 bits per heavy atom. The maximum Gasteiger partial charge on any atom is 0.418 e. The van der Waals surface area contributed by atoms with Gasteiger partial charge in [0.2, 0.25) is 5.13 Å². The zero-order valence-electron chi connectivity index (χ0n) is 9.85. The molecule has 21 heavy (non-hydrogen) atoms. The number of nitrogen functional groups attached to an aromatic ring is 1. The van der Waals surface area contributed by atoms with E-state index in [0.29, 0.717) is 17.4 Å². The molecule has 0 fully saturated rings. The van der Waals surface area contributed by atoms with Crippen molar-refractivity contribution in [2.45, 2.75) is 10.5 Å². The molecule has 0 saturated carbocycles. The number of anilines is 2. The first kappa shape index (κ1) is 15.8. The van der Waals surface area contributed by atoms with Crippen LogP contribution >= 0.6 is 22.9 Å². The number of para-hydroxylation sites is 1. The van der Waals surface area contributed by atoms with Crippen LogP contribution in [0.1, 0.15) is 5.56 Å². The van der Waals surface area contributed by atoms with Gasteiger partial charge in [0.25, 0.3) is 14.4 Å². The summed E-state index contributed by atoms with van der Waals surface area (Å²) in [5, 5.41) is 6.03. The van der Waals surface area contributed by atoms with Crippen molar-refractivity contribution >= 4 is 43.8 Å². The number of nitrogens with one attached hydrogen (secondary N) is 1. The maximum atomic E-state index is 12.9. The Morgan fingerprint density at radius 3 is 2.48 bits per heavy atom. The predicted molar refractivity (Wildman–Crippen MR) is 71.6 cm³/mol. The van der Waals surface area contributed by atoms with E-state index in [4.69, 9.17) is 17.3 Å². The summed E-state index contributed by atoms with van der Waals surface area (Å²) in [6.45, 7) is 0. The molecule has 3 N–H and O–H groups in total. The van der Waals surface area contributed by atoms with Crippen molar-refractivity contribution in [2.75, 3.05) is 10.5 Å². The molecule has 0 atom stereocenters. The van der Waals surface area contributed by atoms with Crippen LogP contribution in [0.4, 0.5) is 24.0 Å². The molecule has 0 radical (unpaired) electrons. The zero-order chi connectivity index (χ0) is 15.8. The highest BCUT2D eigenvalue weighted by Gasteiger charge is 2.36. The molecular formula is C9H6ClF3N4O2S2. The lowest BCUT2D eigenvalue weighted by Gasteiger charge is -2.15. The third-order valence-corrected chi connectivity index (χ3v) is 4.99. The van der Waals surface area contributed by atoms with Gasteiger partial charge in [0, 0.05) is 0 Å². The Bertz CT molecular complexity index is 776. The van der Waals surface area contributed by atoms with Crippen molar-refractivity contribution in [2.24, 2.45) is 0 Å². The van der Waals surface area contributed by atoms with Crippen LogP contribution in [-0.4, -0.2) is 18.6 Å².